The summed E-state index contributed by atoms with van der Waals surface area (Å²) in [5.41, 5.74) is 6.92. The van der Waals surface area contributed by atoms with Gasteiger partial charge < -0.3 is 14.5 Å². The van der Waals surface area contributed by atoms with E-state index in [1.165, 1.54) is 33.0 Å². The molecular formula is C30H27NO2. The third kappa shape index (κ3) is 3.95. The quantitative estimate of drug-likeness (QED) is 0.327. The van der Waals surface area contributed by atoms with E-state index < -0.39 is 0 Å². The molecule has 0 amide bonds. The SMILES string of the molecule is c1ccc(-c2ccc(COC3CNCCC3c3cccc4oc5ccccc5c34)cc2)cc1. The highest BCUT2D eigenvalue weighted by atomic mass is 16.5. The van der Waals surface area contributed by atoms with E-state index >= 15 is 0 Å². The maximum absolute atomic E-state index is 6.53. The van der Waals surface area contributed by atoms with Crippen molar-refractivity contribution < 1.29 is 9.15 Å². The van der Waals surface area contributed by atoms with Crippen molar-refractivity contribution in [2.75, 3.05) is 13.1 Å². The predicted octanol–water partition coefficient (Wildman–Crippen LogP) is 6.92. The van der Waals surface area contributed by atoms with Crippen LogP contribution in [0, 0.1) is 0 Å². The van der Waals surface area contributed by atoms with Gasteiger partial charge in [-0.25, -0.2) is 0 Å². The first-order chi connectivity index (χ1) is 16.4. The third-order valence-corrected chi connectivity index (χ3v) is 6.79. The maximum Gasteiger partial charge on any atom is 0.135 e. The molecule has 1 N–H and O–H groups in total. The van der Waals surface area contributed by atoms with Gasteiger partial charge in [0.05, 0.1) is 12.7 Å². The predicted molar refractivity (Wildman–Crippen MR) is 134 cm³/mol. The molecule has 164 valence electrons. The van der Waals surface area contributed by atoms with Crippen LogP contribution >= 0.6 is 0 Å². The summed E-state index contributed by atoms with van der Waals surface area (Å²) in [4.78, 5) is 0. The van der Waals surface area contributed by atoms with Crippen LogP contribution in [-0.4, -0.2) is 19.2 Å². The van der Waals surface area contributed by atoms with Crippen LogP contribution in [0.2, 0.25) is 0 Å². The van der Waals surface area contributed by atoms with Crippen LogP contribution in [-0.2, 0) is 11.3 Å². The van der Waals surface area contributed by atoms with Crippen molar-refractivity contribution in [1.82, 2.24) is 5.32 Å². The molecule has 6 rings (SSSR count). The molecule has 3 heteroatoms. The van der Waals surface area contributed by atoms with Crippen molar-refractivity contribution in [3.63, 3.8) is 0 Å². The number of fused-ring (bicyclic) bond motifs is 3. The Kier molecular flexibility index (Phi) is 5.43. The van der Waals surface area contributed by atoms with Gasteiger partial charge in [0.25, 0.3) is 0 Å². The molecule has 5 aromatic rings. The number of para-hydroxylation sites is 1. The zero-order chi connectivity index (χ0) is 22.0. The van der Waals surface area contributed by atoms with Crippen LogP contribution < -0.4 is 5.32 Å². The fraction of sp³-hybridized carbons (Fsp3) is 0.200. The van der Waals surface area contributed by atoms with Gasteiger partial charge in [0, 0.05) is 23.2 Å². The number of nitrogens with one attached hydrogen (secondary N) is 1. The van der Waals surface area contributed by atoms with Crippen molar-refractivity contribution in [3.05, 3.63) is 108 Å². The molecule has 1 saturated heterocycles. The summed E-state index contributed by atoms with van der Waals surface area (Å²) >= 11 is 0. The Balaban J connectivity index is 1.25. The Morgan fingerprint density at radius 1 is 0.758 bits per heavy atom. The van der Waals surface area contributed by atoms with Gasteiger partial charge in [-0.2, -0.15) is 0 Å². The van der Waals surface area contributed by atoms with Gasteiger partial charge in [-0.05, 0) is 47.4 Å². The number of furan rings is 1. The molecule has 33 heavy (non-hydrogen) atoms. The summed E-state index contributed by atoms with van der Waals surface area (Å²) in [6.07, 6.45) is 1.17. The van der Waals surface area contributed by atoms with Crippen molar-refractivity contribution in [3.8, 4) is 11.1 Å². The molecule has 2 unspecified atom stereocenters. The van der Waals surface area contributed by atoms with E-state index in [2.05, 4.69) is 90.2 Å². The first-order valence-electron chi connectivity index (χ1n) is 11.7. The van der Waals surface area contributed by atoms with Crippen molar-refractivity contribution in [1.29, 1.82) is 0 Å². The molecule has 1 aliphatic rings. The third-order valence-electron chi connectivity index (χ3n) is 6.79. The summed E-state index contributed by atoms with van der Waals surface area (Å²) in [5, 5.41) is 5.96. The second-order valence-electron chi connectivity index (χ2n) is 8.83. The molecule has 0 radical (unpaired) electrons. The average Bonchev–Trinajstić information content (AvgIpc) is 3.27. The standard InChI is InChI=1S/C30H27NO2/c1-2-7-22(8-3-1)23-15-13-21(14-16-23)20-32-29-19-31-18-17-24(29)25-10-6-12-28-30(25)26-9-4-5-11-27(26)33-28/h1-16,24,29,31H,17-20H2. The number of ether oxygens (including phenoxy) is 1. The van der Waals surface area contributed by atoms with Gasteiger partial charge >= 0.3 is 0 Å². The molecule has 0 bridgehead atoms. The minimum atomic E-state index is 0.117. The Labute approximate surface area is 194 Å². The molecule has 1 fully saturated rings. The van der Waals surface area contributed by atoms with Crippen molar-refractivity contribution in [2.24, 2.45) is 0 Å². The van der Waals surface area contributed by atoms with E-state index in [0.717, 1.165) is 30.7 Å². The summed E-state index contributed by atoms with van der Waals surface area (Å²) in [6, 6.07) is 34.0. The largest absolute Gasteiger partial charge is 0.456 e. The topological polar surface area (TPSA) is 34.4 Å². The molecule has 0 spiro atoms. The minimum absolute atomic E-state index is 0.117. The number of piperidine rings is 1. The fourth-order valence-corrected chi connectivity index (χ4v) is 5.10. The number of rotatable bonds is 5. The normalized spacial score (nSPS) is 18.7. The van der Waals surface area contributed by atoms with Crippen LogP contribution in [0.4, 0.5) is 0 Å². The van der Waals surface area contributed by atoms with E-state index in [4.69, 9.17) is 9.15 Å². The highest BCUT2D eigenvalue weighted by Crippen LogP contribution is 2.38. The van der Waals surface area contributed by atoms with Crippen molar-refractivity contribution >= 4 is 21.9 Å². The monoisotopic (exact) mass is 433 g/mol. The Morgan fingerprint density at radius 2 is 1.52 bits per heavy atom. The summed E-state index contributed by atoms with van der Waals surface area (Å²) in [6.45, 7) is 2.47. The lowest BCUT2D eigenvalue weighted by Gasteiger charge is -2.33. The first kappa shape index (κ1) is 20.2. The minimum Gasteiger partial charge on any atom is -0.456 e. The Hall–Kier alpha value is -3.40. The molecule has 3 nitrogen and oxygen atoms in total. The first-order valence-corrected chi connectivity index (χ1v) is 11.7. The number of benzene rings is 4. The van der Waals surface area contributed by atoms with Crippen molar-refractivity contribution in [2.45, 2.75) is 25.0 Å². The van der Waals surface area contributed by atoms with Gasteiger partial charge in [0.15, 0.2) is 0 Å². The highest BCUT2D eigenvalue weighted by molar-refractivity contribution is 6.06. The van der Waals surface area contributed by atoms with Crippen LogP contribution in [0.5, 0.6) is 0 Å². The second-order valence-corrected chi connectivity index (χ2v) is 8.83. The van der Waals surface area contributed by atoms with Gasteiger partial charge in [-0.1, -0.05) is 84.9 Å². The Morgan fingerprint density at radius 3 is 2.39 bits per heavy atom. The van der Waals surface area contributed by atoms with Crippen LogP contribution in [0.15, 0.2) is 101 Å². The molecule has 0 aliphatic carbocycles. The van der Waals surface area contributed by atoms with E-state index in [1.54, 1.807) is 0 Å². The molecule has 2 heterocycles. The molecule has 0 saturated carbocycles. The number of hydrogen-bond donors (Lipinski definition) is 1. The molecule has 4 aromatic carbocycles. The van der Waals surface area contributed by atoms with E-state index in [9.17, 15) is 0 Å². The summed E-state index contributed by atoms with van der Waals surface area (Å²) < 4.78 is 12.7. The lowest BCUT2D eigenvalue weighted by Crippen LogP contribution is -2.41. The zero-order valence-electron chi connectivity index (χ0n) is 18.5. The summed E-state index contributed by atoms with van der Waals surface area (Å²) in [5.74, 6) is 0.333. The lowest BCUT2D eigenvalue weighted by atomic mass is 9.85. The average molecular weight is 434 g/mol. The Bertz CT molecular complexity index is 1370. The molecular weight excluding hydrogens is 406 g/mol. The highest BCUT2D eigenvalue weighted by Gasteiger charge is 2.29. The van der Waals surface area contributed by atoms with Gasteiger partial charge in [-0.3, -0.25) is 0 Å². The molecule has 1 aliphatic heterocycles. The van der Waals surface area contributed by atoms with E-state index in [1.807, 2.05) is 12.1 Å². The lowest BCUT2D eigenvalue weighted by molar-refractivity contribution is 0.0109. The molecule has 1 aromatic heterocycles. The molecule has 2 atom stereocenters. The van der Waals surface area contributed by atoms with Gasteiger partial charge in [0.1, 0.15) is 11.2 Å². The fourth-order valence-electron chi connectivity index (χ4n) is 5.10. The van der Waals surface area contributed by atoms with Gasteiger partial charge in [-0.15, -0.1) is 0 Å². The summed E-state index contributed by atoms with van der Waals surface area (Å²) in [7, 11) is 0. The smallest absolute Gasteiger partial charge is 0.135 e. The van der Waals surface area contributed by atoms with Crippen LogP contribution in [0.25, 0.3) is 33.1 Å². The van der Waals surface area contributed by atoms with Crippen LogP contribution in [0.1, 0.15) is 23.5 Å². The van der Waals surface area contributed by atoms with E-state index in [0.29, 0.717) is 12.5 Å². The zero-order valence-corrected chi connectivity index (χ0v) is 18.5. The van der Waals surface area contributed by atoms with E-state index in [-0.39, 0.29) is 6.10 Å². The van der Waals surface area contributed by atoms with Gasteiger partial charge in [0.2, 0.25) is 0 Å². The second kappa shape index (κ2) is 8.86. The number of hydrogen-bond acceptors (Lipinski definition) is 3. The maximum atomic E-state index is 6.53. The van der Waals surface area contributed by atoms with Crippen LogP contribution in [0.3, 0.4) is 0 Å².